The van der Waals surface area contributed by atoms with Gasteiger partial charge in [0, 0.05) is 17.6 Å². The van der Waals surface area contributed by atoms with Gasteiger partial charge in [0.15, 0.2) is 0 Å². The van der Waals surface area contributed by atoms with Crippen LogP contribution in [-0.2, 0) is 0 Å². The second kappa shape index (κ2) is 5.28. The van der Waals surface area contributed by atoms with Crippen LogP contribution in [0.3, 0.4) is 0 Å². The molecule has 1 aliphatic rings. The molecule has 94 valence electrons. The third-order valence-electron chi connectivity index (χ3n) is 3.02. The molecule has 0 saturated heterocycles. The summed E-state index contributed by atoms with van der Waals surface area (Å²) in [7, 11) is 0. The summed E-state index contributed by atoms with van der Waals surface area (Å²) in [5, 5.41) is 4.30. The number of benzene rings is 1. The molecule has 0 aromatic heterocycles. The summed E-state index contributed by atoms with van der Waals surface area (Å²) in [4.78, 5) is 0. The van der Waals surface area contributed by atoms with Gasteiger partial charge in [-0.15, -0.1) is 0 Å². The third kappa shape index (κ3) is 3.62. The minimum Gasteiger partial charge on any atom is -0.489 e. The van der Waals surface area contributed by atoms with Crippen molar-refractivity contribution < 1.29 is 4.74 Å². The topological polar surface area (TPSA) is 21.3 Å². The number of ether oxygens (including phenoxy) is 1. The maximum absolute atomic E-state index is 6.13. The molecule has 2 nitrogen and oxygen atoms in total. The molecule has 17 heavy (non-hydrogen) atoms. The Morgan fingerprint density at radius 2 is 1.94 bits per heavy atom. The highest BCUT2D eigenvalue weighted by atomic mass is 35.5. The molecule has 2 rings (SSSR count). The Morgan fingerprint density at radius 1 is 1.35 bits per heavy atom. The van der Waals surface area contributed by atoms with Gasteiger partial charge in [0.05, 0.1) is 0 Å². The Hall–Kier alpha value is -0.730. The predicted octanol–water partition coefficient (Wildman–Crippen LogP) is 3.48. The van der Waals surface area contributed by atoms with Crippen molar-refractivity contribution in [1.29, 1.82) is 0 Å². The van der Waals surface area contributed by atoms with Crippen molar-refractivity contribution in [2.45, 2.75) is 45.8 Å². The molecular weight excluding hydrogens is 234 g/mol. The molecule has 1 unspecified atom stereocenters. The summed E-state index contributed by atoms with van der Waals surface area (Å²) in [5.41, 5.74) is 2.15. The molecule has 1 saturated carbocycles. The summed E-state index contributed by atoms with van der Waals surface area (Å²) in [5.74, 6) is 0.912. The smallest absolute Gasteiger partial charge is 0.120 e. The largest absolute Gasteiger partial charge is 0.489 e. The minimum absolute atomic E-state index is 0.190. The van der Waals surface area contributed by atoms with E-state index < -0.39 is 0 Å². The minimum atomic E-state index is 0.190. The van der Waals surface area contributed by atoms with E-state index in [0.717, 1.165) is 34.5 Å². The lowest BCUT2D eigenvalue weighted by molar-refractivity contribution is 0.216. The van der Waals surface area contributed by atoms with Crippen LogP contribution in [0.1, 0.15) is 30.9 Å². The Labute approximate surface area is 108 Å². The van der Waals surface area contributed by atoms with Crippen LogP contribution in [0, 0.1) is 13.8 Å². The zero-order chi connectivity index (χ0) is 12.4. The van der Waals surface area contributed by atoms with E-state index in [4.69, 9.17) is 16.3 Å². The van der Waals surface area contributed by atoms with E-state index in [1.54, 1.807) is 0 Å². The first-order valence-corrected chi connectivity index (χ1v) is 6.61. The molecule has 0 heterocycles. The van der Waals surface area contributed by atoms with Gasteiger partial charge < -0.3 is 10.1 Å². The van der Waals surface area contributed by atoms with E-state index in [-0.39, 0.29) is 6.10 Å². The number of hydrogen-bond donors (Lipinski definition) is 1. The first kappa shape index (κ1) is 12.7. The molecule has 0 radical (unpaired) electrons. The second-order valence-corrected chi connectivity index (χ2v) is 5.36. The maximum atomic E-state index is 6.13. The van der Waals surface area contributed by atoms with Gasteiger partial charge in [0.2, 0.25) is 0 Å². The molecule has 1 aliphatic carbocycles. The fourth-order valence-corrected chi connectivity index (χ4v) is 1.98. The molecule has 0 amide bonds. The Morgan fingerprint density at radius 3 is 2.47 bits per heavy atom. The zero-order valence-corrected chi connectivity index (χ0v) is 11.5. The average molecular weight is 254 g/mol. The number of nitrogens with one attached hydrogen (secondary N) is 1. The lowest BCUT2D eigenvalue weighted by Gasteiger charge is -2.16. The highest BCUT2D eigenvalue weighted by Crippen LogP contribution is 2.26. The van der Waals surface area contributed by atoms with Crippen LogP contribution in [0.2, 0.25) is 5.02 Å². The van der Waals surface area contributed by atoms with Gasteiger partial charge in [-0.25, -0.2) is 0 Å². The third-order valence-corrected chi connectivity index (χ3v) is 3.61. The quantitative estimate of drug-likeness (QED) is 0.868. The van der Waals surface area contributed by atoms with Gasteiger partial charge in [0.1, 0.15) is 11.9 Å². The van der Waals surface area contributed by atoms with Crippen LogP contribution >= 0.6 is 11.6 Å². The van der Waals surface area contributed by atoms with Crippen LogP contribution in [0.5, 0.6) is 5.75 Å². The van der Waals surface area contributed by atoms with E-state index in [0.29, 0.717) is 0 Å². The fourth-order valence-electron chi connectivity index (χ4n) is 1.87. The van der Waals surface area contributed by atoms with Crippen LogP contribution in [0.15, 0.2) is 12.1 Å². The number of hydrogen-bond acceptors (Lipinski definition) is 2. The Kier molecular flexibility index (Phi) is 3.95. The van der Waals surface area contributed by atoms with Crippen molar-refractivity contribution in [2.24, 2.45) is 0 Å². The SMILES string of the molecule is Cc1cc(OC(C)CNC2CC2)cc(C)c1Cl. The molecule has 1 aromatic carbocycles. The molecule has 1 fully saturated rings. The molecule has 1 N–H and O–H groups in total. The van der Waals surface area contributed by atoms with Crippen molar-refractivity contribution in [3.8, 4) is 5.75 Å². The van der Waals surface area contributed by atoms with Gasteiger partial charge in [-0.05, 0) is 56.9 Å². The highest BCUT2D eigenvalue weighted by molar-refractivity contribution is 6.32. The fraction of sp³-hybridized carbons (Fsp3) is 0.571. The highest BCUT2D eigenvalue weighted by Gasteiger charge is 2.21. The van der Waals surface area contributed by atoms with E-state index >= 15 is 0 Å². The molecule has 1 atom stereocenters. The summed E-state index contributed by atoms with van der Waals surface area (Å²) >= 11 is 6.13. The number of rotatable bonds is 5. The van der Waals surface area contributed by atoms with E-state index in [9.17, 15) is 0 Å². The Balaban J connectivity index is 1.92. The monoisotopic (exact) mass is 253 g/mol. The molecule has 0 bridgehead atoms. The summed E-state index contributed by atoms with van der Waals surface area (Å²) < 4.78 is 5.89. The molecular formula is C14H20ClNO. The first-order valence-electron chi connectivity index (χ1n) is 6.23. The van der Waals surface area contributed by atoms with Gasteiger partial charge in [0.25, 0.3) is 0 Å². The van der Waals surface area contributed by atoms with Crippen LogP contribution in [0.4, 0.5) is 0 Å². The molecule has 0 spiro atoms. The summed E-state index contributed by atoms with van der Waals surface area (Å²) in [6, 6.07) is 4.74. The van der Waals surface area contributed by atoms with Crippen molar-refractivity contribution in [1.82, 2.24) is 5.32 Å². The lowest BCUT2D eigenvalue weighted by atomic mass is 10.1. The maximum Gasteiger partial charge on any atom is 0.120 e. The van der Waals surface area contributed by atoms with Crippen LogP contribution in [-0.4, -0.2) is 18.7 Å². The van der Waals surface area contributed by atoms with E-state index in [2.05, 4.69) is 12.2 Å². The molecule has 3 heteroatoms. The summed E-state index contributed by atoms with van der Waals surface area (Å²) in [6.45, 7) is 7.02. The van der Waals surface area contributed by atoms with Crippen molar-refractivity contribution in [2.75, 3.05) is 6.54 Å². The van der Waals surface area contributed by atoms with Gasteiger partial charge in [-0.3, -0.25) is 0 Å². The van der Waals surface area contributed by atoms with Crippen LogP contribution < -0.4 is 10.1 Å². The van der Waals surface area contributed by atoms with Gasteiger partial charge in [-0.2, -0.15) is 0 Å². The van der Waals surface area contributed by atoms with Crippen molar-refractivity contribution in [3.63, 3.8) is 0 Å². The first-order chi connectivity index (χ1) is 8.06. The summed E-state index contributed by atoms with van der Waals surface area (Å²) in [6.07, 6.45) is 2.81. The second-order valence-electron chi connectivity index (χ2n) is 4.98. The number of halogens is 1. The average Bonchev–Trinajstić information content (AvgIpc) is 3.07. The standard InChI is InChI=1S/C14H20ClNO/c1-9-6-13(7-10(2)14(9)15)17-11(3)8-16-12-4-5-12/h6-7,11-12,16H,4-5,8H2,1-3H3. The Bertz CT molecular complexity index is 378. The van der Waals surface area contributed by atoms with E-state index in [1.807, 2.05) is 26.0 Å². The van der Waals surface area contributed by atoms with Crippen LogP contribution in [0.25, 0.3) is 0 Å². The molecule has 0 aliphatic heterocycles. The van der Waals surface area contributed by atoms with Crippen molar-refractivity contribution >= 4 is 11.6 Å². The predicted molar refractivity (Wildman–Crippen MR) is 72.0 cm³/mol. The normalized spacial score (nSPS) is 16.9. The van der Waals surface area contributed by atoms with Crippen molar-refractivity contribution in [3.05, 3.63) is 28.3 Å². The van der Waals surface area contributed by atoms with Gasteiger partial charge >= 0.3 is 0 Å². The lowest BCUT2D eigenvalue weighted by Crippen LogP contribution is -2.30. The van der Waals surface area contributed by atoms with Gasteiger partial charge in [-0.1, -0.05) is 11.6 Å². The number of aryl methyl sites for hydroxylation is 2. The van der Waals surface area contributed by atoms with E-state index in [1.165, 1.54) is 12.8 Å². The zero-order valence-electron chi connectivity index (χ0n) is 10.7. The molecule has 1 aromatic rings.